The Labute approximate surface area is 97.9 Å². The second-order valence-electron chi connectivity index (χ2n) is 5.48. The van der Waals surface area contributed by atoms with E-state index in [9.17, 15) is 0 Å². The Morgan fingerprint density at radius 2 is 1.69 bits per heavy atom. The van der Waals surface area contributed by atoms with Crippen molar-refractivity contribution in [2.45, 2.75) is 33.7 Å². The second-order valence-corrected chi connectivity index (χ2v) is 5.48. The highest BCUT2D eigenvalue weighted by Crippen LogP contribution is 2.29. The van der Waals surface area contributed by atoms with Gasteiger partial charge in [0, 0.05) is 11.1 Å². The summed E-state index contributed by atoms with van der Waals surface area (Å²) in [5.74, 6) is 0. The predicted molar refractivity (Wildman–Crippen MR) is 70.0 cm³/mol. The first-order valence-electron chi connectivity index (χ1n) is 5.80. The highest BCUT2D eigenvalue weighted by Gasteiger charge is 2.22. The predicted octanol–water partition coefficient (Wildman–Crippen LogP) is 4.09. The minimum atomic E-state index is 0.149. The molecule has 1 atom stereocenters. The van der Waals surface area contributed by atoms with Gasteiger partial charge in [-0.1, -0.05) is 56.7 Å². The first-order valence-corrected chi connectivity index (χ1v) is 5.80. The Kier molecular flexibility index (Phi) is 2.71. The van der Waals surface area contributed by atoms with Crippen LogP contribution < -0.4 is 0 Å². The van der Waals surface area contributed by atoms with Gasteiger partial charge in [-0.15, -0.1) is 0 Å². The summed E-state index contributed by atoms with van der Waals surface area (Å²) in [6.45, 7) is 8.72. The second kappa shape index (κ2) is 3.89. The molecule has 2 rings (SSSR count). The number of nitrogens with zero attached hydrogens (tertiary/aromatic N) is 1. The van der Waals surface area contributed by atoms with E-state index in [1.807, 2.05) is 0 Å². The lowest BCUT2D eigenvalue weighted by Crippen LogP contribution is -2.16. The quantitative estimate of drug-likeness (QED) is 0.666. The summed E-state index contributed by atoms with van der Waals surface area (Å²) in [5, 5.41) is 0. The fourth-order valence-electron chi connectivity index (χ4n) is 1.81. The Morgan fingerprint density at radius 1 is 1.06 bits per heavy atom. The fourth-order valence-corrected chi connectivity index (χ4v) is 1.81. The molecule has 0 amide bonds. The summed E-state index contributed by atoms with van der Waals surface area (Å²) in [6.07, 6.45) is 4.34. The third-order valence-corrected chi connectivity index (χ3v) is 2.90. The number of benzene rings is 1. The number of hydrogen-bond acceptors (Lipinski definition) is 1. The van der Waals surface area contributed by atoms with Crippen molar-refractivity contribution >= 4 is 5.71 Å². The molecule has 1 unspecified atom stereocenters. The molecule has 0 aliphatic carbocycles. The number of aliphatic imine (C=N–C) groups is 1. The van der Waals surface area contributed by atoms with Crippen LogP contribution in [0.2, 0.25) is 0 Å². The molecule has 1 aliphatic heterocycles. The van der Waals surface area contributed by atoms with E-state index in [4.69, 9.17) is 4.99 Å². The van der Waals surface area contributed by atoms with Crippen molar-refractivity contribution in [2.24, 2.45) is 10.4 Å². The lowest BCUT2D eigenvalue weighted by molar-refractivity contribution is 0.592. The molecule has 1 aromatic rings. The zero-order chi connectivity index (χ0) is 11.8. The molecule has 1 nitrogen and oxygen atoms in total. The van der Waals surface area contributed by atoms with Gasteiger partial charge in [0.2, 0.25) is 0 Å². The van der Waals surface area contributed by atoms with Crippen LogP contribution in [0.5, 0.6) is 0 Å². The molecule has 1 heterocycles. The van der Waals surface area contributed by atoms with E-state index < -0.39 is 0 Å². The van der Waals surface area contributed by atoms with E-state index in [1.165, 1.54) is 16.8 Å². The molecule has 84 valence electrons. The maximum atomic E-state index is 4.76. The third kappa shape index (κ3) is 2.24. The number of rotatable bonds is 1. The van der Waals surface area contributed by atoms with Crippen molar-refractivity contribution in [1.29, 1.82) is 0 Å². The SMILES string of the molecule is Cc1ccc(C2C=CC(C(C)(C)C)=N2)cc1. The summed E-state index contributed by atoms with van der Waals surface area (Å²) in [5.41, 5.74) is 3.92. The van der Waals surface area contributed by atoms with Gasteiger partial charge >= 0.3 is 0 Å². The molecule has 0 fully saturated rings. The average molecular weight is 213 g/mol. The van der Waals surface area contributed by atoms with Crippen molar-refractivity contribution in [2.75, 3.05) is 0 Å². The Balaban J connectivity index is 2.24. The van der Waals surface area contributed by atoms with E-state index >= 15 is 0 Å². The highest BCUT2D eigenvalue weighted by atomic mass is 14.8. The lowest BCUT2D eigenvalue weighted by Gasteiger charge is -2.17. The van der Waals surface area contributed by atoms with Crippen molar-refractivity contribution in [3.63, 3.8) is 0 Å². The van der Waals surface area contributed by atoms with E-state index in [0.29, 0.717) is 0 Å². The smallest absolute Gasteiger partial charge is 0.0937 e. The molecule has 0 radical (unpaired) electrons. The van der Waals surface area contributed by atoms with E-state index in [2.05, 4.69) is 64.1 Å². The molecule has 16 heavy (non-hydrogen) atoms. The molecule has 0 N–H and O–H groups in total. The maximum absolute atomic E-state index is 4.76. The summed E-state index contributed by atoms with van der Waals surface area (Å²) in [7, 11) is 0. The summed E-state index contributed by atoms with van der Waals surface area (Å²) in [6, 6.07) is 8.84. The van der Waals surface area contributed by atoms with E-state index in [0.717, 1.165) is 0 Å². The average Bonchev–Trinajstić information content (AvgIpc) is 2.67. The van der Waals surface area contributed by atoms with E-state index in [1.54, 1.807) is 0 Å². The summed E-state index contributed by atoms with van der Waals surface area (Å²) in [4.78, 5) is 4.76. The number of aryl methyl sites for hydroxylation is 1. The van der Waals surface area contributed by atoms with Crippen LogP contribution in [-0.2, 0) is 0 Å². The number of allylic oxidation sites excluding steroid dienone is 1. The van der Waals surface area contributed by atoms with Crippen molar-refractivity contribution in [3.8, 4) is 0 Å². The monoisotopic (exact) mass is 213 g/mol. The Hall–Kier alpha value is -1.37. The Bertz CT molecular complexity index is 429. The standard InChI is InChI=1S/C15H19N/c1-11-5-7-12(8-6-11)13-9-10-14(16-13)15(2,3)4/h5-10,13H,1-4H3. The van der Waals surface area contributed by atoms with Gasteiger partial charge in [0.1, 0.15) is 0 Å². The van der Waals surface area contributed by atoms with Crippen LogP contribution in [0.4, 0.5) is 0 Å². The maximum Gasteiger partial charge on any atom is 0.0937 e. The zero-order valence-electron chi connectivity index (χ0n) is 10.5. The lowest BCUT2D eigenvalue weighted by atomic mass is 9.90. The normalized spacial score (nSPS) is 20.0. The van der Waals surface area contributed by atoms with Gasteiger partial charge in [-0.2, -0.15) is 0 Å². The minimum absolute atomic E-state index is 0.149. The van der Waals surface area contributed by atoms with Gasteiger partial charge < -0.3 is 0 Å². The van der Waals surface area contributed by atoms with Gasteiger partial charge in [0.25, 0.3) is 0 Å². The van der Waals surface area contributed by atoms with Crippen LogP contribution in [0.25, 0.3) is 0 Å². The van der Waals surface area contributed by atoms with E-state index in [-0.39, 0.29) is 11.5 Å². The zero-order valence-corrected chi connectivity index (χ0v) is 10.5. The first kappa shape index (κ1) is 11.1. The first-order chi connectivity index (χ1) is 7.47. The molecule has 1 aliphatic rings. The van der Waals surface area contributed by atoms with Crippen LogP contribution in [0, 0.1) is 12.3 Å². The molecular formula is C15H19N. The largest absolute Gasteiger partial charge is 0.277 e. The molecule has 0 spiro atoms. The highest BCUT2D eigenvalue weighted by molar-refractivity contribution is 6.00. The summed E-state index contributed by atoms with van der Waals surface area (Å²) >= 11 is 0. The van der Waals surface area contributed by atoms with Crippen LogP contribution >= 0.6 is 0 Å². The van der Waals surface area contributed by atoms with Crippen LogP contribution in [-0.4, -0.2) is 5.71 Å². The van der Waals surface area contributed by atoms with Crippen molar-refractivity contribution in [3.05, 3.63) is 47.5 Å². The van der Waals surface area contributed by atoms with Crippen molar-refractivity contribution in [1.82, 2.24) is 0 Å². The third-order valence-electron chi connectivity index (χ3n) is 2.90. The molecule has 0 saturated carbocycles. The molecule has 1 aromatic carbocycles. The van der Waals surface area contributed by atoms with Gasteiger partial charge in [-0.25, -0.2) is 0 Å². The topological polar surface area (TPSA) is 12.4 Å². The molecule has 1 heteroatoms. The van der Waals surface area contributed by atoms with Crippen LogP contribution in [0.3, 0.4) is 0 Å². The van der Waals surface area contributed by atoms with Crippen LogP contribution in [0.1, 0.15) is 37.9 Å². The molecule has 0 bridgehead atoms. The van der Waals surface area contributed by atoms with Gasteiger partial charge in [-0.3, -0.25) is 4.99 Å². The summed E-state index contributed by atoms with van der Waals surface area (Å²) < 4.78 is 0. The molecular weight excluding hydrogens is 194 g/mol. The number of hydrogen-bond donors (Lipinski definition) is 0. The van der Waals surface area contributed by atoms with Crippen molar-refractivity contribution < 1.29 is 0 Å². The fraction of sp³-hybridized carbons (Fsp3) is 0.400. The minimum Gasteiger partial charge on any atom is -0.277 e. The Morgan fingerprint density at radius 3 is 2.19 bits per heavy atom. The molecule has 0 saturated heterocycles. The van der Waals surface area contributed by atoms with Gasteiger partial charge in [0.15, 0.2) is 0 Å². The molecule has 0 aromatic heterocycles. The van der Waals surface area contributed by atoms with Gasteiger partial charge in [-0.05, 0) is 18.6 Å². The van der Waals surface area contributed by atoms with Crippen LogP contribution in [0.15, 0.2) is 41.4 Å². The van der Waals surface area contributed by atoms with Gasteiger partial charge in [0.05, 0.1) is 6.04 Å².